The third-order valence-electron chi connectivity index (χ3n) is 4.80. The smallest absolute Gasteiger partial charge is 0.255 e. The zero-order valence-corrected chi connectivity index (χ0v) is 26.7. The van der Waals surface area contributed by atoms with Crippen LogP contribution >= 0.6 is 15.6 Å². The predicted octanol–water partition coefficient (Wildman–Crippen LogP) is 11.4. The van der Waals surface area contributed by atoms with Gasteiger partial charge in [-0.15, -0.1) is 0 Å². The van der Waals surface area contributed by atoms with Crippen LogP contribution in [0, 0.1) is 0 Å². The molecule has 0 atom stereocenters. The number of hydrogen-bond acceptors (Lipinski definition) is 6. The number of nitrogens with zero attached hydrogens (tertiary/aromatic N) is 8. The van der Waals surface area contributed by atoms with Gasteiger partial charge in [0.1, 0.15) is 0 Å². The van der Waals surface area contributed by atoms with Gasteiger partial charge in [-0.2, -0.15) is 10.2 Å². The number of hydrogen-bond donors (Lipinski definition) is 0. The van der Waals surface area contributed by atoms with Crippen LogP contribution in [0.1, 0.15) is 0 Å². The molecule has 6 aromatic rings. The molecule has 0 saturated carbocycles. The first kappa shape index (κ1) is 40.7. The molecule has 6 rings (SSSR count). The van der Waals surface area contributed by atoms with E-state index in [-0.39, 0.29) is 16.8 Å². The summed E-state index contributed by atoms with van der Waals surface area (Å²) in [5.41, 5.74) is 3.42. The minimum Gasteiger partial charge on any atom is -0.255 e. The van der Waals surface area contributed by atoms with Crippen LogP contribution in [-0.2, 0) is 16.8 Å². The van der Waals surface area contributed by atoms with Crippen LogP contribution in [0.4, 0.5) is 50.4 Å². The molecular formula is C26H20CoF12N8P2. The van der Waals surface area contributed by atoms with E-state index in [9.17, 15) is 50.4 Å². The van der Waals surface area contributed by atoms with E-state index >= 15 is 0 Å². The molecule has 0 fully saturated rings. The Balaban J connectivity index is 0.000000246. The van der Waals surface area contributed by atoms with Crippen molar-refractivity contribution in [2.45, 2.75) is 0 Å². The summed E-state index contributed by atoms with van der Waals surface area (Å²) in [6.07, 6.45) is 10.7. The van der Waals surface area contributed by atoms with E-state index in [1.807, 2.05) is 97.3 Å². The van der Waals surface area contributed by atoms with E-state index < -0.39 is 15.6 Å². The predicted molar refractivity (Wildman–Crippen MR) is 156 cm³/mol. The first-order valence-electron chi connectivity index (χ1n) is 12.7. The normalized spacial score (nSPS) is 13.8. The third kappa shape index (κ3) is 19.8. The Kier molecular flexibility index (Phi) is 11.5. The minimum absolute atomic E-state index is 0. The zero-order chi connectivity index (χ0) is 35.8. The number of halogens is 12. The Morgan fingerprint density at radius 3 is 0.980 bits per heavy atom. The monoisotopic (exact) mass is 793 g/mol. The van der Waals surface area contributed by atoms with E-state index in [0.717, 1.165) is 34.4 Å². The van der Waals surface area contributed by atoms with Crippen molar-refractivity contribution in [2.75, 3.05) is 0 Å². The topological polar surface area (TPSA) is 87.2 Å². The first-order valence-corrected chi connectivity index (χ1v) is 16.7. The maximum Gasteiger partial charge on any atom is 2.00 e. The van der Waals surface area contributed by atoms with Gasteiger partial charge in [-0.25, -0.2) is 19.3 Å². The Bertz CT molecular complexity index is 1730. The van der Waals surface area contributed by atoms with Crippen molar-refractivity contribution in [1.29, 1.82) is 0 Å². The van der Waals surface area contributed by atoms with Crippen LogP contribution in [-0.4, -0.2) is 39.5 Å². The summed E-state index contributed by atoms with van der Waals surface area (Å²) in [5, 5.41) is 8.31. The van der Waals surface area contributed by atoms with Gasteiger partial charge in [0, 0.05) is 37.2 Å². The molecule has 0 aliphatic rings. The summed E-state index contributed by atoms with van der Waals surface area (Å²) in [6.45, 7) is 0. The standard InChI is InChI=1S/2C13H10N4.Co.2F6P/c2*1-2-8-14-11(5-1)12-6-3-7-13(16-12)17-10-4-9-15-17;;2*1-7(2,3,4,5)6/h2*1-10H;;;/q;;+2;2*-1. The van der Waals surface area contributed by atoms with E-state index in [2.05, 4.69) is 30.1 Å². The molecule has 0 N–H and O–H groups in total. The molecule has 49 heavy (non-hydrogen) atoms. The van der Waals surface area contributed by atoms with Gasteiger partial charge in [-0.05, 0) is 60.7 Å². The summed E-state index contributed by atoms with van der Waals surface area (Å²) in [6, 6.07) is 26.9. The van der Waals surface area contributed by atoms with E-state index in [1.165, 1.54) is 0 Å². The summed E-state index contributed by atoms with van der Waals surface area (Å²) >= 11 is 0. The summed E-state index contributed by atoms with van der Waals surface area (Å²) in [7, 11) is -21.3. The van der Waals surface area contributed by atoms with Crippen molar-refractivity contribution < 1.29 is 67.1 Å². The second-order valence-corrected chi connectivity index (χ2v) is 12.8. The summed E-state index contributed by atoms with van der Waals surface area (Å²) in [5.74, 6) is 1.58. The molecule has 0 aliphatic carbocycles. The van der Waals surface area contributed by atoms with Crippen molar-refractivity contribution in [1.82, 2.24) is 39.5 Å². The molecule has 0 bridgehead atoms. The Morgan fingerprint density at radius 2 is 0.714 bits per heavy atom. The first-order chi connectivity index (χ1) is 21.8. The van der Waals surface area contributed by atoms with Gasteiger partial charge in [0.05, 0.1) is 22.8 Å². The average Bonchev–Trinajstić information content (AvgIpc) is 3.71. The minimum atomic E-state index is -10.7. The largest absolute Gasteiger partial charge is 2.00 e. The number of aromatic nitrogens is 8. The van der Waals surface area contributed by atoms with Crippen LogP contribution in [0.2, 0.25) is 0 Å². The molecule has 267 valence electrons. The molecule has 23 heteroatoms. The molecule has 0 spiro atoms. The molecule has 0 unspecified atom stereocenters. The Hall–Kier alpha value is -4.45. The molecule has 0 aliphatic heterocycles. The molecule has 6 aromatic heterocycles. The molecule has 1 radical (unpaired) electrons. The van der Waals surface area contributed by atoms with Crippen molar-refractivity contribution >= 4 is 15.6 Å². The summed E-state index contributed by atoms with van der Waals surface area (Å²) < 4.78 is 122. The summed E-state index contributed by atoms with van der Waals surface area (Å²) in [4.78, 5) is 17.6. The third-order valence-corrected chi connectivity index (χ3v) is 4.80. The van der Waals surface area contributed by atoms with Crippen LogP contribution in [0.3, 0.4) is 0 Å². The average molecular weight is 793 g/mol. The molecular weight excluding hydrogens is 773 g/mol. The van der Waals surface area contributed by atoms with Crippen molar-refractivity contribution in [3.8, 4) is 34.4 Å². The van der Waals surface area contributed by atoms with Gasteiger partial charge in [0.15, 0.2) is 11.6 Å². The fraction of sp³-hybridized carbons (Fsp3) is 0. The molecule has 0 saturated heterocycles. The van der Waals surface area contributed by atoms with Crippen molar-refractivity contribution in [2.24, 2.45) is 0 Å². The zero-order valence-electron chi connectivity index (χ0n) is 23.9. The molecule has 6 heterocycles. The number of rotatable bonds is 4. The second kappa shape index (κ2) is 13.8. The van der Waals surface area contributed by atoms with E-state index in [1.54, 1.807) is 34.2 Å². The Labute approximate surface area is 278 Å². The Morgan fingerprint density at radius 1 is 0.388 bits per heavy atom. The van der Waals surface area contributed by atoms with Crippen LogP contribution in [0.5, 0.6) is 0 Å². The van der Waals surface area contributed by atoms with E-state index in [0.29, 0.717) is 0 Å². The number of pyridine rings is 4. The molecule has 8 nitrogen and oxygen atoms in total. The molecule has 0 amide bonds. The van der Waals surface area contributed by atoms with Gasteiger partial charge in [-0.1, -0.05) is 24.3 Å². The quantitative estimate of drug-likeness (QED) is 0.130. The van der Waals surface area contributed by atoms with E-state index in [4.69, 9.17) is 0 Å². The maximum absolute atomic E-state index is 10.7. The molecule has 0 aromatic carbocycles. The van der Waals surface area contributed by atoms with Gasteiger partial charge in [0.25, 0.3) is 0 Å². The van der Waals surface area contributed by atoms with Gasteiger partial charge in [-0.3, -0.25) is 9.97 Å². The maximum atomic E-state index is 9.87. The van der Waals surface area contributed by atoms with Crippen LogP contribution in [0.15, 0.2) is 122 Å². The fourth-order valence-corrected chi connectivity index (χ4v) is 3.22. The van der Waals surface area contributed by atoms with Crippen molar-refractivity contribution in [3.05, 3.63) is 122 Å². The SMILES string of the molecule is F[P-](F)(F)(F)(F)F.F[P-](F)(F)(F)(F)F.[Co+2].c1ccc(-c2cccc(-n3cccn3)n2)nc1.c1ccc(-c2cccc(-n3cccn3)n2)nc1. The van der Waals surface area contributed by atoms with Gasteiger partial charge < -0.3 is 0 Å². The van der Waals surface area contributed by atoms with Gasteiger partial charge >= 0.3 is 82.8 Å². The van der Waals surface area contributed by atoms with Crippen molar-refractivity contribution in [3.63, 3.8) is 0 Å². The second-order valence-electron chi connectivity index (χ2n) is 9.01. The van der Waals surface area contributed by atoms with Gasteiger partial charge in [0.2, 0.25) is 0 Å². The fourth-order valence-electron chi connectivity index (χ4n) is 3.22. The van der Waals surface area contributed by atoms with Crippen LogP contribution < -0.4 is 0 Å². The van der Waals surface area contributed by atoms with Crippen LogP contribution in [0.25, 0.3) is 34.4 Å².